The highest BCUT2D eigenvalue weighted by molar-refractivity contribution is 6.30. The second-order valence-electron chi connectivity index (χ2n) is 3.65. The zero-order chi connectivity index (χ0) is 9.47. The van der Waals surface area contributed by atoms with Gasteiger partial charge in [-0.3, -0.25) is 0 Å². The van der Waals surface area contributed by atoms with Crippen LogP contribution in [0.25, 0.3) is 4.85 Å². The third-order valence-corrected chi connectivity index (χ3v) is 3.07. The van der Waals surface area contributed by atoms with Crippen molar-refractivity contribution in [3.63, 3.8) is 0 Å². The number of hydrogen-bond acceptors (Lipinski definition) is 0. The number of hydrogen-bond donors (Lipinski definition) is 0. The summed E-state index contributed by atoms with van der Waals surface area (Å²) >= 11 is 5.78. The molecule has 0 bridgehead atoms. The van der Waals surface area contributed by atoms with E-state index in [0.717, 1.165) is 17.0 Å². The standard InChI is InChI=1S/C11H10ClN/c1-8-7-11(8,13-2)9-3-5-10(12)6-4-9/h3-6,8H,7H2,1H3. The first-order chi connectivity index (χ1) is 6.19. The van der Waals surface area contributed by atoms with E-state index < -0.39 is 0 Å². The minimum atomic E-state index is -0.232. The Kier molecular flexibility index (Phi) is 1.82. The molecule has 1 saturated carbocycles. The molecule has 0 aromatic heterocycles. The summed E-state index contributed by atoms with van der Waals surface area (Å²) < 4.78 is 0. The SMILES string of the molecule is [C-]#[N+]C1(c2ccc(Cl)cc2)CC1C. The Morgan fingerprint density at radius 1 is 1.46 bits per heavy atom. The molecule has 0 radical (unpaired) electrons. The van der Waals surface area contributed by atoms with E-state index in [0.29, 0.717) is 5.92 Å². The number of benzene rings is 1. The summed E-state index contributed by atoms with van der Waals surface area (Å²) in [5, 5.41) is 0.734. The van der Waals surface area contributed by atoms with Crippen molar-refractivity contribution in [2.24, 2.45) is 5.92 Å². The number of nitrogens with zero attached hydrogens (tertiary/aromatic N) is 1. The Balaban J connectivity index is 2.38. The molecule has 2 atom stereocenters. The van der Waals surface area contributed by atoms with Crippen LogP contribution < -0.4 is 0 Å². The van der Waals surface area contributed by atoms with Gasteiger partial charge in [-0.25, -0.2) is 6.57 Å². The molecule has 66 valence electrons. The minimum Gasteiger partial charge on any atom is -0.305 e. The summed E-state index contributed by atoms with van der Waals surface area (Å²) in [4.78, 5) is 3.72. The molecule has 1 nitrogen and oxygen atoms in total. The Bertz CT molecular complexity index is 363. The van der Waals surface area contributed by atoms with Crippen LogP contribution >= 0.6 is 11.6 Å². The second-order valence-corrected chi connectivity index (χ2v) is 4.08. The molecule has 0 heterocycles. The molecule has 0 N–H and O–H groups in total. The van der Waals surface area contributed by atoms with Crippen LogP contribution in [0, 0.1) is 12.5 Å². The molecule has 13 heavy (non-hydrogen) atoms. The average molecular weight is 192 g/mol. The number of rotatable bonds is 1. The highest BCUT2D eigenvalue weighted by atomic mass is 35.5. The van der Waals surface area contributed by atoms with Gasteiger partial charge in [0.15, 0.2) is 0 Å². The predicted octanol–water partition coefficient (Wildman–Crippen LogP) is 3.49. The van der Waals surface area contributed by atoms with Crippen molar-refractivity contribution in [1.29, 1.82) is 0 Å². The first kappa shape index (κ1) is 8.59. The lowest BCUT2D eigenvalue weighted by Gasteiger charge is -2.03. The van der Waals surface area contributed by atoms with Gasteiger partial charge < -0.3 is 4.85 Å². The summed E-state index contributed by atoms with van der Waals surface area (Å²) in [6, 6.07) is 7.64. The fourth-order valence-corrected chi connectivity index (χ4v) is 1.90. The van der Waals surface area contributed by atoms with Crippen molar-refractivity contribution in [2.75, 3.05) is 0 Å². The van der Waals surface area contributed by atoms with Gasteiger partial charge in [0, 0.05) is 22.9 Å². The van der Waals surface area contributed by atoms with Crippen LogP contribution in [0.1, 0.15) is 18.9 Å². The maximum absolute atomic E-state index is 7.18. The van der Waals surface area contributed by atoms with Crippen molar-refractivity contribution < 1.29 is 0 Å². The first-order valence-electron chi connectivity index (χ1n) is 4.34. The smallest absolute Gasteiger partial charge is 0.260 e. The van der Waals surface area contributed by atoms with Crippen molar-refractivity contribution in [3.05, 3.63) is 46.3 Å². The van der Waals surface area contributed by atoms with Gasteiger partial charge in [0.05, 0.1) is 0 Å². The second kappa shape index (κ2) is 2.75. The van der Waals surface area contributed by atoms with Crippen molar-refractivity contribution in [3.8, 4) is 0 Å². The first-order valence-corrected chi connectivity index (χ1v) is 4.71. The van der Waals surface area contributed by atoms with Crippen molar-refractivity contribution >= 4 is 11.6 Å². The topological polar surface area (TPSA) is 4.36 Å². The Labute approximate surface area is 83.2 Å². The Morgan fingerprint density at radius 2 is 2.00 bits per heavy atom. The molecule has 1 aliphatic rings. The molecule has 2 heteroatoms. The van der Waals surface area contributed by atoms with Crippen LogP contribution in [0.3, 0.4) is 0 Å². The quantitative estimate of drug-likeness (QED) is 0.599. The van der Waals surface area contributed by atoms with E-state index in [2.05, 4.69) is 11.8 Å². The van der Waals surface area contributed by atoms with Crippen LogP contribution in [-0.2, 0) is 5.54 Å². The molecule has 1 aliphatic carbocycles. The lowest BCUT2D eigenvalue weighted by atomic mass is 10.0. The van der Waals surface area contributed by atoms with E-state index in [-0.39, 0.29) is 5.54 Å². The van der Waals surface area contributed by atoms with E-state index in [9.17, 15) is 0 Å². The molecular formula is C11H10ClN. The van der Waals surface area contributed by atoms with Crippen LogP contribution in [0.15, 0.2) is 24.3 Å². The molecule has 1 aromatic carbocycles. The van der Waals surface area contributed by atoms with E-state index >= 15 is 0 Å². The zero-order valence-corrected chi connectivity index (χ0v) is 8.17. The van der Waals surface area contributed by atoms with Crippen molar-refractivity contribution in [1.82, 2.24) is 0 Å². The van der Waals surface area contributed by atoms with Crippen LogP contribution in [0.5, 0.6) is 0 Å². The Morgan fingerprint density at radius 3 is 2.38 bits per heavy atom. The summed E-state index contributed by atoms with van der Waals surface area (Å²) in [7, 11) is 0. The highest BCUT2D eigenvalue weighted by Gasteiger charge is 2.60. The minimum absolute atomic E-state index is 0.232. The Hall–Kier alpha value is -1.00. The summed E-state index contributed by atoms with van der Waals surface area (Å²) in [6.07, 6.45) is 0.984. The monoisotopic (exact) mass is 191 g/mol. The van der Waals surface area contributed by atoms with Crippen molar-refractivity contribution in [2.45, 2.75) is 18.9 Å². The van der Waals surface area contributed by atoms with Gasteiger partial charge in [-0.2, -0.15) is 0 Å². The van der Waals surface area contributed by atoms with Gasteiger partial charge in [-0.1, -0.05) is 18.5 Å². The lowest BCUT2D eigenvalue weighted by molar-refractivity contribution is 0.773. The summed E-state index contributed by atoms with van der Waals surface area (Å²) in [5.41, 5.74) is 0.879. The normalized spacial score (nSPS) is 31.0. The van der Waals surface area contributed by atoms with Gasteiger partial charge in [0.25, 0.3) is 5.54 Å². The third-order valence-electron chi connectivity index (χ3n) is 2.82. The largest absolute Gasteiger partial charge is 0.305 e. The molecule has 2 unspecified atom stereocenters. The maximum atomic E-state index is 7.18. The van der Waals surface area contributed by atoms with Gasteiger partial charge in [-0.15, -0.1) is 0 Å². The molecule has 0 aliphatic heterocycles. The molecular weight excluding hydrogens is 182 g/mol. The van der Waals surface area contributed by atoms with Gasteiger partial charge in [-0.05, 0) is 24.3 Å². The molecule has 0 saturated heterocycles. The van der Waals surface area contributed by atoms with Crippen LogP contribution in [-0.4, -0.2) is 0 Å². The number of halogens is 1. The third kappa shape index (κ3) is 1.22. The zero-order valence-electron chi connectivity index (χ0n) is 7.42. The van der Waals surface area contributed by atoms with Gasteiger partial charge >= 0.3 is 0 Å². The van der Waals surface area contributed by atoms with Crippen LogP contribution in [0.2, 0.25) is 5.02 Å². The molecule has 2 rings (SSSR count). The lowest BCUT2D eigenvalue weighted by Crippen LogP contribution is -2.02. The van der Waals surface area contributed by atoms with E-state index in [1.165, 1.54) is 0 Å². The van der Waals surface area contributed by atoms with E-state index in [1.807, 2.05) is 24.3 Å². The van der Waals surface area contributed by atoms with E-state index in [4.69, 9.17) is 18.2 Å². The fraction of sp³-hybridized carbons (Fsp3) is 0.364. The van der Waals surface area contributed by atoms with Gasteiger partial charge in [0.1, 0.15) is 0 Å². The summed E-state index contributed by atoms with van der Waals surface area (Å²) in [6.45, 7) is 9.30. The summed E-state index contributed by atoms with van der Waals surface area (Å²) in [5.74, 6) is 0.492. The highest BCUT2D eigenvalue weighted by Crippen LogP contribution is 2.55. The van der Waals surface area contributed by atoms with E-state index in [1.54, 1.807) is 0 Å². The molecule has 0 spiro atoms. The fourth-order valence-electron chi connectivity index (χ4n) is 1.77. The molecule has 0 amide bonds. The average Bonchev–Trinajstić information content (AvgIpc) is 2.79. The van der Waals surface area contributed by atoms with Gasteiger partial charge in [0.2, 0.25) is 0 Å². The predicted molar refractivity (Wildman–Crippen MR) is 53.5 cm³/mol. The molecule has 1 aromatic rings. The maximum Gasteiger partial charge on any atom is 0.260 e. The molecule has 1 fully saturated rings. The van der Waals surface area contributed by atoms with Crippen LogP contribution in [0.4, 0.5) is 0 Å².